The number of hydrogen-bond donors (Lipinski definition) is 1. The second-order valence-electron chi connectivity index (χ2n) is 7.94. The van der Waals surface area contributed by atoms with Crippen molar-refractivity contribution >= 4 is 39.1 Å². The predicted molar refractivity (Wildman–Crippen MR) is 122 cm³/mol. The number of ether oxygens (including phenoxy) is 1. The molecule has 3 rings (SSSR count). The molecule has 10 nitrogen and oxygen atoms in total. The number of aromatic nitrogens is 1. The van der Waals surface area contributed by atoms with Gasteiger partial charge in [0.25, 0.3) is 0 Å². The third-order valence-corrected chi connectivity index (χ3v) is 7.84. The Morgan fingerprint density at radius 1 is 1.36 bits per heavy atom. The lowest BCUT2D eigenvalue weighted by atomic mass is 9.98. The lowest BCUT2D eigenvalue weighted by molar-refractivity contribution is -0.138. The van der Waals surface area contributed by atoms with Gasteiger partial charge in [0.15, 0.2) is 5.76 Å². The van der Waals surface area contributed by atoms with Gasteiger partial charge in [-0.15, -0.1) is 0 Å². The second kappa shape index (κ2) is 10.1. The normalized spacial score (nSPS) is 16.9. The van der Waals surface area contributed by atoms with Crippen LogP contribution in [-0.4, -0.2) is 68.4 Å². The van der Waals surface area contributed by atoms with E-state index in [4.69, 9.17) is 20.9 Å². The molecule has 0 saturated carbocycles. The first-order valence-electron chi connectivity index (χ1n) is 10.4. The summed E-state index contributed by atoms with van der Waals surface area (Å²) in [6, 6.07) is 4.82. The Kier molecular flexibility index (Phi) is 7.65. The van der Waals surface area contributed by atoms with Gasteiger partial charge in [-0.25, -0.2) is 8.42 Å². The van der Waals surface area contributed by atoms with Gasteiger partial charge in [-0.05, 0) is 44.9 Å². The van der Waals surface area contributed by atoms with Gasteiger partial charge >= 0.3 is 0 Å². The van der Waals surface area contributed by atoms with E-state index >= 15 is 0 Å². The van der Waals surface area contributed by atoms with E-state index in [0.29, 0.717) is 35.8 Å². The van der Waals surface area contributed by atoms with Crippen LogP contribution in [0.5, 0.6) is 5.75 Å². The van der Waals surface area contributed by atoms with Crippen molar-refractivity contribution < 1.29 is 27.3 Å². The monoisotopic (exact) mass is 498 g/mol. The summed E-state index contributed by atoms with van der Waals surface area (Å²) in [6.45, 7) is 3.23. The fraction of sp³-hybridized carbons (Fsp3) is 0.476. The van der Waals surface area contributed by atoms with Crippen molar-refractivity contribution in [3.8, 4) is 5.75 Å². The van der Waals surface area contributed by atoms with Crippen molar-refractivity contribution in [2.24, 2.45) is 5.92 Å². The van der Waals surface area contributed by atoms with Crippen molar-refractivity contribution in [3.05, 3.63) is 34.7 Å². The lowest BCUT2D eigenvalue weighted by Gasteiger charge is -2.33. The number of hydrogen-bond acceptors (Lipinski definition) is 7. The molecular formula is C21H27ClN4O6S. The van der Waals surface area contributed by atoms with Crippen LogP contribution in [0.2, 0.25) is 5.02 Å². The first kappa shape index (κ1) is 25.0. The van der Waals surface area contributed by atoms with Gasteiger partial charge in [0.1, 0.15) is 16.3 Å². The number of sulfonamides is 1. The fourth-order valence-electron chi connectivity index (χ4n) is 3.91. The number of nitrogens with one attached hydrogen (secondary N) is 1. The molecule has 0 bridgehead atoms. The van der Waals surface area contributed by atoms with Crippen LogP contribution in [0.15, 0.2) is 27.6 Å². The van der Waals surface area contributed by atoms with E-state index in [9.17, 15) is 18.0 Å². The summed E-state index contributed by atoms with van der Waals surface area (Å²) in [5.41, 5.74) is 0.677. The number of carbonyl (C=O) groups excluding carboxylic acids is 2. The van der Waals surface area contributed by atoms with Gasteiger partial charge in [-0.1, -0.05) is 16.8 Å². The van der Waals surface area contributed by atoms with Crippen molar-refractivity contribution in [1.29, 1.82) is 0 Å². The summed E-state index contributed by atoms with van der Waals surface area (Å²) in [6.07, 6.45) is 1.05. The molecule has 33 heavy (non-hydrogen) atoms. The summed E-state index contributed by atoms with van der Waals surface area (Å²) in [7, 11) is -0.862. The van der Waals surface area contributed by atoms with E-state index in [1.807, 2.05) is 0 Å². The van der Waals surface area contributed by atoms with E-state index in [2.05, 4.69) is 10.5 Å². The topological polar surface area (TPSA) is 122 Å². The molecular weight excluding hydrogens is 472 g/mol. The summed E-state index contributed by atoms with van der Waals surface area (Å²) in [4.78, 5) is 26.9. The molecule has 2 heterocycles. The van der Waals surface area contributed by atoms with E-state index in [-0.39, 0.29) is 35.3 Å². The first-order chi connectivity index (χ1) is 15.5. The van der Waals surface area contributed by atoms with Crippen molar-refractivity contribution in [3.63, 3.8) is 0 Å². The first-order valence-corrected chi connectivity index (χ1v) is 12.2. The van der Waals surface area contributed by atoms with Crippen molar-refractivity contribution in [1.82, 2.24) is 14.4 Å². The molecule has 2 aromatic rings. The van der Waals surface area contributed by atoms with Crippen LogP contribution in [0.4, 0.5) is 5.69 Å². The van der Waals surface area contributed by atoms with Gasteiger partial charge < -0.3 is 19.5 Å². The van der Waals surface area contributed by atoms with Gasteiger partial charge in [-0.3, -0.25) is 9.59 Å². The lowest BCUT2D eigenvalue weighted by Crippen LogP contribution is -2.47. The maximum absolute atomic E-state index is 13.1. The fourth-order valence-corrected chi connectivity index (χ4v) is 5.89. The minimum Gasteiger partial charge on any atom is -0.495 e. The Hall–Kier alpha value is -2.63. The summed E-state index contributed by atoms with van der Waals surface area (Å²) >= 11 is 5.99. The van der Waals surface area contributed by atoms with Crippen LogP contribution in [0, 0.1) is 19.8 Å². The van der Waals surface area contributed by atoms with Gasteiger partial charge in [0.05, 0.1) is 25.3 Å². The maximum atomic E-state index is 13.1. The average Bonchev–Trinajstić information content (AvgIpc) is 3.12. The molecule has 1 N–H and O–H groups in total. The van der Waals surface area contributed by atoms with Crippen LogP contribution in [0.1, 0.15) is 24.3 Å². The van der Waals surface area contributed by atoms with Crippen LogP contribution < -0.4 is 10.1 Å². The number of nitrogens with zero attached hydrogens (tertiary/aromatic N) is 3. The number of aryl methyl sites for hydroxylation is 2. The molecule has 1 unspecified atom stereocenters. The Bertz CT molecular complexity index is 1130. The summed E-state index contributed by atoms with van der Waals surface area (Å²) < 4.78 is 37.7. The summed E-state index contributed by atoms with van der Waals surface area (Å²) in [5, 5.41) is 6.84. The number of rotatable bonds is 7. The third-order valence-electron chi connectivity index (χ3n) is 5.49. The van der Waals surface area contributed by atoms with Crippen molar-refractivity contribution in [2.75, 3.05) is 39.1 Å². The highest BCUT2D eigenvalue weighted by Gasteiger charge is 2.37. The molecule has 1 atom stereocenters. The predicted octanol–water partition coefficient (Wildman–Crippen LogP) is 2.45. The Labute approximate surface area is 197 Å². The molecule has 1 fully saturated rings. The standard InChI is InChI=1S/C21H27ClN4O6S/c1-13-20(14(2)32-24-13)33(29,30)26-9-5-6-15(11-26)21(28)25(3)12-19(27)23-17-10-16(22)7-8-18(17)31-4/h7-8,10,15H,5-6,9,11-12H2,1-4H3,(H,23,27). The number of benzene rings is 1. The minimum atomic E-state index is -3.85. The SMILES string of the molecule is COc1ccc(Cl)cc1NC(=O)CN(C)C(=O)C1CCCN(S(=O)(=O)c2c(C)noc2C)C1. The highest BCUT2D eigenvalue weighted by atomic mass is 35.5. The van der Waals surface area contributed by atoms with Crippen LogP contribution in [-0.2, 0) is 19.6 Å². The molecule has 12 heteroatoms. The molecule has 1 saturated heterocycles. The quantitative estimate of drug-likeness (QED) is 0.622. The van der Waals surface area contributed by atoms with Crippen LogP contribution in [0.3, 0.4) is 0 Å². The zero-order valence-corrected chi connectivity index (χ0v) is 20.5. The highest BCUT2D eigenvalue weighted by molar-refractivity contribution is 7.89. The zero-order chi connectivity index (χ0) is 24.3. The largest absolute Gasteiger partial charge is 0.495 e. The second-order valence-corrected chi connectivity index (χ2v) is 10.3. The van der Waals surface area contributed by atoms with Crippen LogP contribution in [0.25, 0.3) is 0 Å². The number of likely N-dealkylation sites (N-methyl/N-ethyl adjacent to an activating group) is 1. The molecule has 1 aliphatic heterocycles. The number of methoxy groups -OCH3 is 1. The minimum absolute atomic E-state index is 0.0271. The van der Waals surface area contributed by atoms with E-state index in [1.54, 1.807) is 32.0 Å². The smallest absolute Gasteiger partial charge is 0.248 e. The zero-order valence-electron chi connectivity index (χ0n) is 18.9. The highest BCUT2D eigenvalue weighted by Crippen LogP contribution is 2.29. The molecule has 0 radical (unpaired) electrons. The molecule has 1 aliphatic rings. The molecule has 1 aromatic carbocycles. The van der Waals surface area contributed by atoms with Gasteiger partial charge in [0, 0.05) is 25.2 Å². The Morgan fingerprint density at radius 2 is 2.09 bits per heavy atom. The average molecular weight is 499 g/mol. The number of carbonyl (C=O) groups is 2. The number of anilines is 1. The van der Waals surface area contributed by atoms with Gasteiger partial charge in [0.2, 0.25) is 21.8 Å². The molecule has 180 valence electrons. The van der Waals surface area contributed by atoms with Crippen molar-refractivity contribution in [2.45, 2.75) is 31.6 Å². The van der Waals surface area contributed by atoms with E-state index in [1.165, 1.54) is 23.4 Å². The molecule has 2 amide bonds. The van der Waals surface area contributed by atoms with Gasteiger partial charge in [-0.2, -0.15) is 4.31 Å². The number of amides is 2. The maximum Gasteiger partial charge on any atom is 0.248 e. The molecule has 0 spiro atoms. The van der Waals surface area contributed by atoms with E-state index in [0.717, 1.165) is 0 Å². The van der Waals surface area contributed by atoms with Crippen LogP contribution >= 0.6 is 11.6 Å². The molecule has 1 aromatic heterocycles. The summed E-state index contributed by atoms with van der Waals surface area (Å²) in [5.74, 6) is -0.642. The van der Waals surface area contributed by atoms with E-state index < -0.39 is 21.8 Å². The number of piperidine rings is 1. The molecule has 0 aliphatic carbocycles. The Balaban J connectivity index is 1.66. The number of halogens is 1. The Morgan fingerprint density at radius 3 is 2.73 bits per heavy atom. The third kappa shape index (κ3) is 5.48.